The number of hydrogen-bond donors (Lipinski definition) is 0. The smallest absolute Gasteiger partial charge is 0.0550 e. The molecule has 0 amide bonds. The van der Waals surface area contributed by atoms with Gasteiger partial charge in [0.05, 0.1) is 6.04 Å². The molecule has 0 N–H and O–H groups in total. The number of nitrogens with zero attached hydrogens (tertiary/aromatic N) is 2. The van der Waals surface area contributed by atoms with E-state index in [0.29, 0.717) is 17.9 Å². The highest BCUT2D eigenvalue weighted by molar-refractivity contribution is 5.63. The van der Waals surface area contributed by atoms with E-state index in [0.717, 1.165) is 5.92 Å². The summed E-state index contributed by atoms with van der Waals surface area (Å²) in [5.41, 5.74) is 0. The Labute approximate surface area is 82.0 Å². The molecule has 1 rings (SSSR count). The first kappa shape index (κ1) is 10.6. The minimum Gasteiger partial charge on any atom is -0.297 e. The van der Waals surface area contributed by atoms with Gasteiger partial charge in [-0.1, -0.05) is 27.7 Å². The Hall–Kier alpha value is -0.530. The van der Waals surface area contributed by atoms with Gasteiger partial charge in [0.2, 0.25) is 0 Å². The summed E-state index contributed by atoms with van der Waals surface area (Å²) in [7, 11) is 2.09. The number of hydrogen-bond acceptors (Lipinski definition) is 2. The molecule has 0 radical (unpaired) electrons. The van der Waals surface area contributed by atoms with Crippen LogP contribution in [0.15, 0.2) is 5.10 Å². The van der Waals surface area contributed by atoms with Crippen molar-refractivity contribution in [1.82, 2.24) is 5.01 Å². The van der Waals surface area contributed by atoms with E-state index in [1.54, 1.807) is 0 Å². The molecule has 0 aromatic rings. The fourth-order valence-corrected chi connectivity index (χ4v) is 2.03. The van der Waals surface area contributed by atoms with Crippen LogP contribution in [-0.2, 0) is 0 Å². The Morgan fingerprint density at radius 2 is 1.92 bits per heavy atom. The summed E-state index contributed by atoms with van der Waals surface area (Å²) < 4.78 is 0. The minimum atomic E-state index is 0.625. The van der Waals surface area contributed by atoms with Crippen LogP contribution in [0.25, 0.3) is 0 Å². The van der Waals surface area contributed by atoms with Crippen LogP contribution in [0.1, 0.15) is 34.1 Å². The molecule has 13 heavy (non-hydrogen) atoms. The first-order chi connectivity index (χ1) is 6.02. The summed E-state index contributed by atoms with van der Waals surface area (Å²) in [6, 6.07) is 0.625. The van der Waals surface area contributed by atoms with E-state index < -0.39 is 0 Å². The quantitative estimate of drug-likeness (QED) is 0.655. The predicted molar refractivity (Wildman–Crippen MR) is 57.8 cm³/mol. The summed E-state index contributed by atoms with van der Waals surface area (Å²) in [6.45, 7) is 9.12. The lowest BCUT2D eigenvalue weighted by Gasteiger charge is -2.28. The molecule has 0 aromatic heterocycles. The maximum atomic E-state index is 4.38. The first-order valence-corrected chi connectivity index (χ1v) is 5.29. The zero-order valence-electron chi connectivity index (χ0n) is 9.49. The van der Waals surface area contributed by atoms with Crippen molar-refractivity contribution in [2.24, 2.45) is 22.9 Å². The zero-order chi connectivity index (χ0) is 10.0. The highest BCUT2D eigenvalue weighted by Gasteiger charge is 2.30. The third-order valence-electron chi connectivity index (χ3n) is 2.83. The van der Waals surface area contributed by atoms with Crippen molar-refractivity contribution in [3.8, 4) is 0 Å². The van der Waals surface area contributed by atoms with Gasteiger partial charge in [0.15, 0.2) is 0 Å². The average molecular weight is 182 g/mol. The highest BCUT2D eigenvalue weighted by atomic mass is 15.5. The van der Waals surface area contributed by atoms with Gasteiger partial charge < -0.3 is 0 Å². The van der Waals surface area contributed by atoms with Gasteiger partial charge >= 0.3 is 0 Å². The average Bonchev–Trinajstić information content (AvgIpc) is 2.32. The van der Waals surface area contributed by atoms with Gasteiger partial charge in [-0.25, -0.2) is 0 Å². The van der Waals surface area contributed by atoms with Gasteiger partial charge in [0.25, 0.3) is 0 Å². The van der Waals surface area contributed by atoms with Gasteiger partial charge in [-0.3, -0.25) is 5.01 Å². The Morgan fingerprint density at radius 1 is 1.31 bits per heavy atom. The van der Waals surface area contributed by atoms with Crippen LogP contribution in [-0.4, -0.2) is 24.3 Å². The summed E-state index contributed by atoms with van der Waals surface area (Å²) in [5.74, 6) is 2.11. The van der Waals surface area contributed by atoms with Crippen LogP contribution >= 0.6 is 0 Å². The second-order valence-electron chi connectivity index (χ2n) is 4.86. The van der Waals surface area contributed by atoms with Crippen molar-refractivity contribution < 1.29 is 0 Å². The van der Waals surface area contributed by atoms with Crippen molar-refractivity contribution in [3.05, 3.63) is 0 Å². The maximum Gasteiger partial charge on any atom is 0.0550 e. The van der Waals surface area contributed by atoms with E-state index in [9.17, 15) is 0 Å². The van der Waals surface area contributed by atoms with E-state index >= 15 is 0 Å². The minimum absolute atomic E-state index is 0.625. The van der Waals surface area contributed by atoms with E-state index in [-0.39, 0.29) is 0 Å². The zero-order valence-corrected chi connectivity index (χ0v) is 9.49. The van der Waals surface area contributed by atoms with Crippen LogP contribution in [0.3, 0.4) is 0 Å². The van der Waals surface area contributed by atoms with Crippen molar-refractivity contribution >= 4 is 6.21 Å². The first-order valence-electron chi connectivity index (χ1n) is 5.29. The molecule has 0 unspecified atom stereocenters. The normalized spacial score (nSPS) is 28.1. The third kappa shape index (κ3) is 2.45. The molecule has 1 aliphatic heterocycles. The maximum absolute atomic E-state index is 4.38. The molecular formula is C11H22N2. The second kappa shape index (κ2) is 4.12. The molecule has 0 spiro atoms. The molecule has 0 bridgehead atoms. The largest absolute Gasteiger partial charge is 0.297 e. The summed E-state index contributed by atoms with van der Waals surface area (Å²) in [4.78, 5) is 0. The monoisotopic (exact) mass is 182 g/mol. The van der Waals surface area contributed by atoms with Crippen molar-refractivity contribution in [2.45, 2.75) is 40.2 Å². The van der Waals surface area contributed by atoms with E-state index in [4.69, 9.17) is 0 Å². The lowest BCUT2D eigenvalue weighted by Crippen LogP contribution is -2.33. The van der Waals surface area contributed by atoms with E-state index in [1.165, 1.54) is 6.42 Å². The van der Waals surface area contributed by atoms with Gasteiger partial charge in [-0.05, 0) is 18.3 Å². The van der Waals surface area contributed by atoms with Gasteiger partial charge in [0.1, 0.15) is 0 Å². The van der Waals surface area contributed by atoms with Gasteiger partial charge in [-0.15, -0.1) is 0 Å². The molecule has 0 saturated carbocycles. The van der Waals surface area contributed by atoms with Crippen molar-refractivity contribution in [3.63, 3.8) is 0 Å². The molecule has 2 nitrogen and oxygen atoms in total. The highest BCUT2D eigenvalue weighted by Crippen LogP contribution is 2.27. The molecule has 76 valence electrons. The van der Waals surface area contributed by atoms with E-state index in [2.05, 4.69) is 51.1 Å². The molecule has 0 aromatic carbocycles. The van der Waals surface area contributed by atoms with Crippen molar-refractivity contribution in [1.29, 1.82) is 0 Å². The summed E-state index contributed by atoms with van der Waals surface area (Å²) in [6.07, 6.45) is 3.37. The summed E-state index contributed by atoms with van der Waals surface area (Å²) >= 11 is 0. The molecule has 0 saturated heterocycles. The molecule has 2 heteroatoms. The molecule has 2 atom stereocenters. The van der Waals surface area contributed by atoms with Crippen LogP contribution in [0.4, 0.5) is 0 Å². The predicted octanol–water partition coefficient (Wildman–Crippen LogP) is 2.60. The van der Waals surface area contributed by atoms with Crippen LogP contribution in [0, 0.1) is 17.8 Å². The Morgan fingerprint density at radius 3 is 2.38 bits per heavy atom. The molecule has 0 aliphatic carbocycles. The lowest BCUT2D eigenvalue weighted by molar-refractivity contribution is 0.191. The summed E-state index contributed by atoms with van der Waals surface area (Å²) in [5, 5.41) is 6.51. The number of hydrazone groups is 1. The SMILES string of the molecule is CC(C)C[C@@H]1[C@@H](C(C)C)C=NN1C. The fraction of sp³-hybridized carbons (Fsp3) is 0.909. The second-order valence-corrected chi connectivity index (χ2v) is 4.86. The van der Waals surface area contributed by atoms with Crippen LogP contribution < -0.4 is 0 Å². The Balaban J connectivity index is 2.59. The molecule has 1 heterocycles. The van der Waals surface area contributed by atoms with E-state index in [1.807, 2.05) is 0 Å². The van der Waals surface area contributed by atoms with Gasteiger partial charge in [0, 0.05) is 19.2 Å². The Bertz CT molecular complexity index is 185. The fourth-order valence-electron chi connectivity index (χ4n) is 2.03. The van der Waals surface area contributed by atoms with Crippen molar-refractivity contribution in [2.75, 3.05) is 7.05 Å². The van der Waals surface area contributed by atoms with Crippen LogP contribution in [0.5, 0.6) is 0 Å². The third-order valence-corrected chi connectivity index (χ3v) is 2.83. The topological polar surface area (TPSA) is 15.6 Å². The Kier molecular flexibility index (Phi) is 3.34. The number of rotatable bonds is 3. The lowest BCUT2D eigenvalue weighted by atomic mass is 9.86. The molecule has 0 fully saturated rings. The molecular weight excluding hydrogens is 160 g/mol. The standard InChI is InChI=1S/C11H22N2/c1-8(2)6-11-10(9(3)4)7-12-13(11)5/h7-11H,6H2,1-5H3/t10-,11-/m1/s1. The van der Waals surface area contributed by atoms with Gasteiger partial charge in [-0.2, -0.15) is 5.10 Å². The van der Waals surface area contributed by atoms with Crippen LogP contribution in [0.2, 0.25) is 0 Å². The molecule has 1 aliphatic rings.